The molecule has 2 aliphatic rings. The summed E-state index contributed by atoms with van der Waals surface area (Å²) < 4.78 is 63.1. The molecule has 2 aromatic carbocycles. The van der Waals surface area contributed by atoms with Crippen LogP contribution in [0, 0.1) is 11.8 Å². The van der Waals surface area contributed by atoms with Crippen molar-refractivity contribution in [3.8, 4) is 17.6 Å². The zero-order chi connectivity index (χ0) is 26.7. The Morgan fingerprint density at radius 1 is 1.26 bits per heavy atom. The molecule has 0 saturated carbocycles. The zero-order valence-electron chi connectivity index (χ0n) is 21.9. The molecular weight excluding hydrogens is 440 g/mol. The molecular formula is C26H25F2N3O3. The van der Waals surface area contributed by atoms with Crippen LogP contribution in [0.1, 0.15) is 70.7 Å². The predicted molar refractivity (Wildman–Crippen MR) is 123 cm³/mol. The van der Waals surface area contributed by atoms with Gasteiger partial charge in [0.25, 0.3) is 5.91 Å². The summed E-state index contributed by atoms with van der Waals surface area (Å²) in [6.45, 7) is 0.173. The van der Waals surface area contributed by atoms with E-state index in [9.17, 15) is 13.6 Å². The van der Waals surface area contributed by atoms with E-state index in [1.807, 2.05) is 31.4 Å². The third-order valence-corrected chi connectivity index (χ3v) is 5.96. The molecule has 3 aromatic rings. The van der Waals surface area contributed by atoms with Crippen molar-refractivity contribution in [3.63, 3.8) is 0 Å². The highest BCUT2D eigenvalue weighted by molar-refractivity contribution is 5.97. The molecule has 2 bridgehead atoms. The number of hydrogen-bond donors (Lipinski definition) is 0. The van der Waals surface area contributed by atoms with Gasteiger partial charge in [-0.15, -0.1) is 0 Å². The van der Waals surface area contributed by atoms with Gasteiger partial charge in [-0.05, 0) is 51.1 Å². The lowest BCUT2D eigenvalue weighted by molar-refractivity contribution is -0.0507. The lowest BCUT2D eigenvalue weighted by Crippen LogP contribution is -2.30. The van der Waals surface area contributed by atoms with Gasteiger partial charge in [0.1, 0.15) is 18.2 Å². The molecule has 0 aliphatic carbocycles. The predicted octanol–water partition coefficient (Wildman–Crippen LogP) is 4.92. The molecule has 1 aromatic heterocycles. The summed E-state index contributed by atoms with van der Waals surface area (Å²) in [6.07, 6.45) is 0.161. The molecule has 0 spiro atoms. The number of aromatic nitrogens is 2. The van der Waals surface area contributed by atoms with Gasteiger partial charge in [-0.3, -0.25) is 4.79 Å². The largest absolute Gasteiger partial charge is 0.434 e. The molecule has 0 radical (unpaired) electrons. The van der Waals surface area contributed by atoms with Gasteiger partial charge in [0, 0.05) is 34.2 Å². The molecule has 5 rings (SSSR count). The van der Waals surface area contributed by atoms with Gasteiger partial charge < -0.3 is 18.9 Å². The third-order valence-electron chi connectivity index (χ3n) is 5.96. The molecule has 2 atom stereocenters. The maximum atomic E-state index is 13.5. The smallest absolute Gasteiger partial charge is 0.387 e. The average Bonchev–Trinajstić information content (AvgIpc) is 3.28. The van der Waals surface area contributed by atoms with Crippen LogP contribution in [0.25, 0.3) is 11.0 Å². The maximum absolute atomic E-state index is 13.5. The second kappa shape index (κ2) is 8.10. The molecule has 6 nitrogen and oxygen atoms in total. The van der Waals surface area contributed by atoms with E-state index in [1.165, 1.54) is 18.2 Å². The van der Waals surface area contributed by atoms with Crippen molar-refractivity contribution >= 4 is 16.9 Å². The Bertz CT molecular complexity index is 1450. The summed E-state index contributed by atoms with van der Waals surface area (Å²) in [6, 6.07) is 8.09. The van der Waals surface area contributed by atoms with E-state index in [1.54, 1.807) is 12.1 Å². The highest BCUT2D eigenvalue weighted by atomic mass is 19.3. The van der Waals surface area contributed by atoms with Gasteiger partial charge in [-0.1, -0.05) is 17.9 Å². The fourth-order valence-electron chi connectivity index (χ4n) is 4.58. The minimum Gasteiger partial charge on any atom is -0.434 e. The molecule has 0 fully saturated rings. The van der Waals surface area contributed by atoms with Gasteiger partial charge in [-0.2, -0.15) is 8.78 Å². The Balaban J connectivity index is 1.68. The Labute approximate surface area is 200 Å². The first-order valence-corrected chi connectivity index (χ1v) is 10.9. The van der Waals surface area contributed by atoms with Crippen molar-refractivity contribution in [2.45, 2.75) is 51.5 Å². The van der Waals surface area contributed by atoms with Crippen LogP contribution in [0.2, 0.25) is 0 Å². The van der Waals surface area contributed by atoms with Gasteiger partial charge in [-0.25, -0.2) is 4.98 Å². The first-order chi connectivity index (χ1) is 17.3. The number of fused-ring (bicyclic) bond motifs is 9. The molecule has 176 valence electrons. The fraction of sp³-hybridized carbons (Fsp3) is 0.385. The van der Waals surface area contributed by atoms with Crippen LogP contribution in [0.15, 0.2) is 36.4 Å². The Kier molecular flexibility index (Phi) is 4.51. The van der Waals surface area contributed by atoms with Gasteiger partial charge in [0.05, 0.1) is 28.7 Å². The highest BCUT2D eigenvalue weighted by Crippen LogP contribution is 2.49. The van der Waals surface area contributed by atoms with Gasteiger partial charge in [0.2, 0.25) is 0 Å². The van der Waals surface area contributed by atoms with E-state index >= 15 is 0 Å². The van der Waals surface area contributed by atoms with Crippen LogP contribution in [-0.2, 0) is 4.74 Å². The minimum atomic E-state index is -3.11. The van der Waals surface area contributed by atoms with Crippen molar-refractivity contribution in [2.75, 3.05) is 13.6 Å². The SMILES string of the molecule is [2H]C([2H])([2H])N1C(=O)c2cccc(OC(F)F)c2[C@H]2C[C@@H]1c1nc3ccc(C#CCOC(C)(C)C)cc3n12. The maximum Gasteiger partial charge on any atom is 0.387 e. The molecule has 34 heavy (non-hydrogen) atoms. The number of rotatable bonds is 3. The van der Waals surface area contributed by atoms with Crippen LogP contribution >= 0.6 is 0 Å². The van der Waals surface area contributed by atoms with Crippen LogP contribution in [-0.4, -0.2) is 46.2 Å². The molecule has 8 heteroatoms. The molecule has 3 heterocycles. The van der Waals surface area contributed by atoms with Crippen molar-refractivity contribution in [1.82, 2.24) is 14.5 Å². The summed E-state index contributed by atoms with van der Waals surface area (Å²) in [5.74, 6) is 5.49. The second-order valence-electron chi connectivity index (χ2n) is 9.28. The van der Waals surface area contributed by atoms with Crippen molar-refractivity contribution in [3.05, 3.63) is 58.9 Å². The van der Waals surface area contributed by atoms with Crippen molar-refractivity contribution in [2.24, 2.45) is 0 Å². The minimum absolute atomic E-state index is 0.0181. The quantitative estimate of drug-likeness (QED) is 0.512. The number of nitrogens with zero attached hydrogens (tertiary/aromatic N) is 3. The fourth-order valence-corrected chi connectivity index (χ4v) is 4.58. The average molecular weight is 469 g/mol. The summed E-state index contributed by atoms with van der Waals surface area (Å²) >= 11 is 0. The monoisotopic (exact) mass is 468 g/mol. The standard InChI is InChI=1S/C26H25F2N3O3/c1-26(2,3)33-12-6-7-15-10-11-17-18(13-15)31-19-14-20(23(31)29-17)30(4)24(32)16-8-5-9-21(22(16)19)34-25(27)28/h5,8-11,13,19-20,25H,12,14H2,1-4H3/t19-,20-/m1/s1/i4D3. The van der Waals surface area contributed by atoms with Gasteiger partial charge in [0.15, 0.2) is 0 Å². The van der Waals surface area contributed by atoms with Crippen LogP contribution in [0.5, 0.6) is 5.75 Å². The highest BCUT2D eigenvalue weighted by Gasteiger charge is 2.45. The third kappa shape index (κ3) is 3.80. The molecule has 0 N–H and O–H groups in total. The van der Waals surface area contributed by atoms with E-state index in [0.717, 1.165) is 4.90 Å². The van der Waals surface area contributed by atoms with Crippen LogP contribution in [0.3, 0.4) is 0 Å². The number of alkyl halides is 2. The van der Waals surface area contributed by atoms with Crippen LogP contribution < -0.4 is 4.74 Å². The van der Waals surface area contributed by atoms with E-state index in [4.69, 9.17) is 13.6 Å². The molecule has 1 amide bonds. The summed E-state index contributed by atoms with van der Waals surface area (Å²) in [4.78, 5) is 19.0. The number of ether oxygens (including phenoxy) is 2. The summed E-state index contributed by atoms with van der Waals surface area (Å²) in [7, 11) is 0. The van der Waals surface area contributed by atoms with E-state index in [-0.39, 0.29) is 35.5 Å². The van der Waals surface area contributed by atoms with Crippen molar-refractivity contribution in [1.29, 1.82) is 0 Å². The number of carbonyl (C=O) groups excluding carboxylic acids is 1. The van der Waals surface area contributed by atoms with Crippen molar-refractivity contribution < 1.29 is 27.2 Å². The summed E-state index contributed by atoms with van der Waals surface area (Å²) in [5.41, 5.74) is 1.84. The topological polar surface area (TPSA) is 56.6 Å². The Morgan fingerprint density at radius 3 is 2.82 bits per heavy atom. The molecule has 0 saturated heterocycles. The number of carbonyl (C=O) groups is 1. The van der Waals surface area contributed by atoms with E-state index in [2.05, 4.69) is 16.8 Å². The molecule has 0 unspecified atom stereocenters. The van der Waals surface area contributed by atoms with Crippen LogP contribution in [0.4, 0.5) is 8.78 Å². The zero-order valence-corrected chi connectivity index (χ0v) is 18.9. The number of halogens is 2. The van der Waals surface area contributed by atoms with Gasteiger partial charge >= 0.3 is 6.61 Å². The number of imidazole rings is 1. The Morgan fingerprint density at radius 2 is 2.09 bits per heavy atom. The lowest BCUT2D eigenvalue weighted by atomic mass is 9.97. The number of benzene rings is 2. The van der Waals surface area contributed by atoms with E-state index in [0.29, 0.717) is 22.4 Å². The molecule has 2 aliphatic heterocycles. The van der Waals surface area contributed by atoms with E-state index < -0.39 is 31.6 Å². The lowest BCUT2D eigenvalue weighted by Gasteiger charge is -2.24. The number of hydrogen-bond acceptors (Lipinski definition) is 4. The Hall–Kier alpha value is -3.44. The first-order valence-electron chi connectivity index (χ1n) is 12.4. The summed E-state index contributed by atoms with van der Waals surface area (Å²) in [5, 5.41) is 0. The second-order valence-corrected chi connectivity index (χ2v) is 9.28. The normalized spacial score (nSPS) is 20.7. The first kappa shape index (κ1) is 18.9. The number of amides is 1.